The van der Waals surface area contributed by atoms with Crippen molar-refractivity contribution in [1.82, 2.24) is 9.88 Å². The molecule has 0 aromatic carbocycles. The van der Waals surface area contributed by atoms with Gasteiger partial charge in [-0.2, -0.15) is 0 Å². The zero-order valence-corrected chi connectivity index (χ0v) is 13.7. The van der Waals surface area contributed by atoms with E-state index >= 15 is 0 Å². The van der Waals surface area contributed by atoms with Gasteiger partial charge in [-0.1, -0.05) is 23.2 Å². The molecule has 5 heteroatoms. The number of rotatable bonds is 1. The Morgan fingerprint density at radius 3 is 2.65 bits per heavy atom. The highest BCUT2D eigenvalue weighted by atomic mass is 35.5. The van der Waals surface area contributed by atoms with Crippen LogP contribution < -0.4 is 4.90 Å². The second kappa shape index (κ2) is 5.04. The van der Waals surface area contributed by atoms with Gasteiger partial charge in [-0.15, -0.1) is 0 Å². The maximum absolute atomic E-state index is 6.08. The molecule has 0 N–H and O–H groups in total. The first-order valence-electron chi connectivity index (χ1n) is 7.19. The molecular weight excluding hydrogens is 293 g/mol. The summed E-state index contributed by atoms with van der Waals surface area (Å²) >= 11 is 12.0. The molecule has 0 aliphatic carbocycles. The van der Waals surface area contributed by atoms with E-state index in [2.05, 4.69) is 35.6 Å². The molecule has 2 saturated heterocycles. The molecule has 0 amide bonds. The maximum atomic E-state index is 6.08. The SMILES string of the molecule is CC(C)(C)N1CC[C@H]2CN(c3cnc(Cl)c(Cl)c3)C[C@H]21. The van der Waals surface area contributed by atoms with E-state index in [0.29, 0.717) is 16.2 Å². The molecule has 3 nitrogen and oxygen atoms in total. The van der Waals surface area contributed by atoms with Gasteiger partial charge in [0.15, 0.2) is 0 Å². The Balaban J connectivity index is 1.78. The van der Waals surface area contributed by atoms with Crippen molar-refractivity contribution in [3.63, 3.8) is 0 Å². The van der Waals surface area contributed by atoms with Crippen molar-refractivity contribution in [2.45, 2.75) is 38.8 Å². The van der Waals surface area contributed by atoms with E-state index in [9.17, 15) is 0 Å². The highest BCUT2D eigenvalue weighted by Gasteiger charge is 2.44. The van der Waals surface area contributed by atoms with Crippen LogP contribution in [-0.2, 0) is 0 Å². The van der Waals surface area contributed by atoms with Crippen LogP contribution in [0.25, 0.3) is 0 Å². The third kappa shape index (κ3) is 2.51. The van der Waals surface area contributed by atoms with Crippen molar-refractivity contribution in [1.29, 1.82) is 0 Å². The van der Waals surface area contributed by atoms with Gasteiger partial charge in [-0.3, -0.25) is 4.90 Å². The molecule has 0 unspecified atom stereocenters. The number of nitrogens with zero attached hydrogens (tertiary/aromatic N) is 3. The first kappa shape index (κ1) is 14.4. The van der Waals surface area contributed by atoms with E-state index < -0.39 is 0 Å². The second-order valence-electron chi connectivity index (χ2n) is 6.85. The molecule has 110 valence electrons. The summed E-state index contributed by atoms with van der Waals surface area (Å²) in [6.45, 7) is 10.3. The van der Waals surface area contributed by atoms with Gasteiger partial charge in [0, 0.05) is 24.7 Å². The molecule has 3 heterocycles. The van der Waals surface area contributed by atoms with Gasteiger partial charge in [0.1, 0.15) is 5.15 Å². The summed E-state index contributed by atoms with van der Waals surface area (Å²) in [6.07, 6.45) is 3.11. The van der Waals surface area contributed by atoms with Gasteiger partial charge in [0.25, 0.3) is 0 Å². The first-order chi connectivity index (χ1) is 9.36. The summed E-state index contributed by atoms with van der Waals surface area (Å²) < 4.78 is 0. The fourth-order valence-electron chi connectivity index (χ4n) is 3.59. The van der Waals surface area contributed by atoms with Crippen molar-refractivity contribution in [2.24, 2.45) is 5.92 Å². The smallest absolute Gasteiger partial charge is 0.147 e. The second-order valence-corrected chi connectivity index (χ2v) is 7.62. The monoisotopic (exact) mass is 313 g/mol. The van der Waals surface area contributed by atoms with Crippen LogP contribution in [0.4, 0.5) is 5.69 Å². The number of hydrogen-bond donors (Lipinski definition) is 0. The average Bonchev–Trinajstić information content (AvgIpc) is 2.90. The Labute approximate surface area is 130 Å². The van der Waals surface area contributed by atoms with Gasteiger partial charge in [0.2, 0.25) is 0 Å². The molecule has 0 saturated carbocycles. The van der Waals surface area contributed by atoms with E-state index in [4.69, 9.17) is 23.2 Å². The van der Waals surface area contributed by atoms with Crippen LogP contribution in [-0.4, -0.2) is 41.1 Å². The molecule has 2 aliphatic heterocycles. The van der Waals surface area contributed by atoms with Gasteiger partial charge >= 0.3 is 0 Å². The summed E-state index contributed by atoms with van der Waals surface area (Å²) in [6, 6.07) is 2.57. The molecule has 0 spiro atoms. The predicted molar refractivity (Wildman–Crippen MR) is 84.8 cm³/mol. The fourth-order valence-corrected chi connectivity index (χ4v) is 3.85. The summed E-state index contributed by atoms with van der Waals surface area (Å²) in [5.41, 5.74) is 1.33. The third-order valence-corrected chi connectivity index (χ3v) is 5.24. The Morgan fingerprint density at radius 2 is 2.00 bits per heavy atom. The lowest BCUT2D eigenvalue weighted by atomic mass is 10.0. The summed E-state index contributed by atoms with van der Waals surface area (Å²) in [7, 11) is 0. The van der Waals surface area contributed by atoms with Crippen molar-refractivity contribution in [3.05, 3.63) is 22.4 Å². The van der Waals surface area contributed by atoms with Gasteiger partial charge in [0.05, 0.1) is 16.9 Å². The lowest BCUT2D eigenvalue weighted by Crippen LogP contribution is -2.47. The minimum Gasteiger partial charge on any atom is -0.368 e. The molecule has 0 bridgehead atoms. The van der Waals surface area contributed by atoms with Crippen LogP contribution in [0, 0.1) is 5.92 Å². The van der Waals surface area contributed by atoms with Crippen LogP contribution in [0.1, 0.15) is 27.2 Å². The molecular formula is C15H21Cl2N3. The molecule has 0 radical (unpaired) electrons. The minimum atomic E-state index is 0.241. The number of pyridine rings is 1. The van der Waals surface area contributed by atoms with Crippen LogP contribution in [0.5, 0.6) is 0 Å². The van der Waals surface area contributed by atoms with E-state index in [0.717, 1.165) is 24.7 Å². The largest absolute Gasteiger partial charge is 0.368 e. The molecule has 2 fully saturated rings. The lowest BCUT2D eigenvalue weighted by Gasteiger charge is -2.37. The van der Waals surface area contributed by atoms with E-state index in [1.165, 1.54) is 13.0 Å². The number of aromatic nitrogens is 1. The molecule has 2 atom stereocenters. The van der Waals surface area contributed by atoms with E-state index in [1.54, 1.807) is 0 Å². The topological polar surface area (TPSA) is 19.4 Å². The van der Waals surface area contributed by atoms with Gasteiger partial charge in [-0.05, 0) is 45.7 Å². The molecule has 1 aromatic rings. The van der Waals surface area contributed by atoms with Gasteiger partial charge in [-0.25, -0.2) is 4.98 Å². The van der Waals surface area contributed by atoms with Crippen LogP contribution in [0.2, 0.25) is 10.2 Å². The highest BCUT2D eigenvalue weighted by molar-refractivity contribution is 6.41. The Morgan fingerprint density at radius 1 is 1.25 bits per heavy atom. The van der Waals surface area contributed by atoms with Crippen molar-refractivity contribution in [2.75, 3.05) is 24.5 Å². The Hall–Kier alpha value is -0.510. The zero-order chi connectivity index (χ0) is 14.5. The quantitative estimate of drug-likeness (QED) is 0.737. The van der Waals surface area contributed by atoms with Crippen molar-refractivity contribution in [3.8, 4) is 0 Å². The number of hydrogen-bond acceptors (Lipinski definition) is 3. The van der Waals surface area contributed by atoms with Gasteiger partial charge < -0.3 is 4.90 Å². The van der Waals surface area contributed by atoms with E-state index in [-0.39, 0.29) is 5.54 Å². The zero-order valence-electron chi connectivity index (χ0n) is 12.2. The summed E-state index contributed by atoms with van der Waals surface area (Å²) in [4.78, 5) is 9.20. The van der Waals surface area contributed by atoms with Crippen LogP contribution in [0.15, 0.2) is 12.3 Å². The average molecular weight is 314 g/mol. The minimum absolute atomic E-state index is 0.241. The van der Waals surface area contributed by atoms with Crippen molar-refractivity contribution >= 4 is 28.9 Å². The molecule has 2 aliphatic rings. The Bertz CT molecular complexity index is 512. The number of fused-ring (bicyclic) bond motifs is 1. The Kier molecular flexibility index (Phi) is 3.64. The van der Waals surface area contributed by atoms with Crippen LogP contribution >= 0.6 is 23.2 Å². The number of likely N-dealkylation sites (tertiary alicyclic amines) is 1. The van der Waals surface area contributed by atoms with Crippen molar-refractivity contribution < 1.29 is 0 Å². The molecule has 3 rings (SSSR count). The predicted octanol–water partition coefficient (Wildman–Crippen LogP) is 3.70. The van der Waals surface area contributed by atoms with Crippen LogP contribution in [0.3, 0.4) is 0 Å². The maximum Gasteiger partial charge on any atom is 0.147 e. The molecule has 1 aromatic heterocycles. The third-order valence-electron chi connectivity index (χ3n) is 4.56. The molecule has 20 heavy (non-hydrogen) atoms. The highest BCUT2D eigenvalue weighted by Crippen LogP contribution is 2.38. The number of halogens is 2. The number of anilines is 1. The summed E-state index contributed by atoms with van der Waals surface area (Å²) in [5, 5.41) is 0.917. The summed E-state index contributed by atoms with van der Waals surface area (Å²) in [5.74, 6) is 0.753. The van der Waals surface area contributed by atoms with E-state index in [1.807, 2.05) is 12.3 Å². The fraction of sp³-hybridized carbons (Fsp3) is 0.667. The normalized spacial score (nSPS) is 27.1. The standard InChI is InChI=1S/C15H21Cl2N3/c1-15(2,3)20-5-4-10-8-19(9-13(10)20)11-6-12(16)14(17)18-7-11/h6-7,10,13H,4-5,8-9H2,1-3H3/t10-,13+/m0/s1. The lowest BCUT2D eigenvalue weighted by molar-refractivity contribution is 0.123. The first-order valence-corrected chi connectivity index (χ1v) is 7.94.